The molecule has 0 bridgehead atoms. The summed E-state index contributed by atoms with van der Waals surface area (Å²) in [5, 5.41) is 10.7. The lowest BCUT2D eigenvalue weighted by molar-refractivity contribution is -0.193. The number of halogens is 5. The highest BCUT2D eigenvalue weighted by molar-refractivity contribution is 7.99. The Morgan fingerprint density at radius 1 is 1.20 bits per heavy atom. The van der Waals surface area contributed by atoms with E-state index in [1.54, 1.807) is 6.07 Å². The molecule has 1 aliphatic heterocycles. The number of piperidine rings is 1. The summed E-state index contributed by atoms with van der Waals surface area (Å²) in [5.41, 5.74) is 0.696. The number of rotatable bonds is 5. The predicted octanol–water partition coefficient (Wildman–Crippen LogP) is 4.26. The minimum atomic E-state index is -5.26. The average molecular weight is 483 g/mol. The van der Waals surface area contributed by atoms with Crippen LogP contribution in [-0.2, 0) is 15.3 Å². The van der Waals surface area contributed by atoms with Crippen LogP contribution >= 0.6 is 35.0 Å². The van der Waals surface area contributed by atoms with Crippen LogP contribution in [0, 0.1) is 0 Å². The van der Waals surface area contributed by atoms with Crippen LogP contribution < -0.4 is 4.90 Å². The first kappa shape index (κ1) is 22.7. The van der Waals surface area contributed by atoms with E-state index in [1.165, 1.54) is 11.8 Å². The van der Waals surface area contributed by atoms with Gasteiger partial charge in [-0.3, -0.25) is 5.10 Å². The zero-order chi connectivity index (χ0) is 21.9. The number of nitrogens with zero attached hydrogens (tertiary/aromatic N) is 3. The van der Waals surface area contributed by atoms with Crippen molar-refractivity contribution in [3.8, 4) is 0 Å². The molecule has 13 heteroatoms. The van der Waals surface area contributed by atoms with Crippen molar-refractivity contribution < 1.29 is 27.5 Å². The van der Waals surface area contributed by atoms with Gasteiger partial charge in [-0.2, -0.15) is 24.9 Å². The minimum absolute atomic E-state index is 0.129. The molecule has 3 rings (SSSR count). The van der Waals surface area contributed by atoms with E-state index < -0.39 is 18.1 Å². The topological polar surface area (TPSA) is 88.2 Å². The number of hydrogen-bond donors (Lipinski definition) is 1. The summed E-state index contributed by atoms with van der Waals surface area (Å²) in [6.45, 7) is 1.53. The molecular weight excluding hydrogens is 468 g/mol. The van der Waals surface area contributed by atoms with Gasteiger partial charge in [0.2, 0.25) is 0 Å². The summed E-state index contributed by atoms with van der Waals surface area (Å²) in [6.07, 6.45) is -3.60. The van der Waals surface area contributed by atoms with E-state index in [4.69, 9.17) is 23.2 Å². The number of esters is 2. The molecule has 0 atom stereocenters. The molecule has 0 spiro atoms. The average Bonchev–Trinajstić information content (AvgIpc) is 3.14. The van der Waals surface area contributed by atoms with Gasteiger partial charge in [-0.05, 0) is 31.0 Å². The molecule has 0 saturated carbocycles. The number of aromatic nitrogens is 3. The molecule has 2 aromatic rings. The van der Waals surface area contributed by atoms with Gasteiger partial charge in [0.05, 0.1) is 0 Å². The Morgan fingerprint density at radius 2 is 1.83 bits per heavy atom. The molecular formula is C17H15Cl2F3N4O3S. The standard InChI is InChI=1S/C17H15Cl2F3N4O3S/c18-9-5-10(19)7-11(6-9)26-3-1-12(2-4-26)30-8-13-14(24-25-23-13)15(27)29-16(28)17(20,21)22/h5-7,12H,1-4,8H2,(H,23,24,25). The van der Waals surface area contributed by atoms with Crippen molar-refractivity contribution >= 4 is 52.6 Å². The predicted molar refractivity (Wildman–Crippen MR) is 106 cm³/mol. The van der Waals surface area contributed by atoms with Gasteiger partial charge in [0.15, 0.2) is 5.69 Å². The van der Waals surface area contributed by atoms with Gasteiger partial charge >= 0.3 is 18.1 Å². The maximum absolute atomic E-state index is 12.3. The minimum Gasteiger partial charge on any atom is -0.381 e. The van der Waals surface area contributed by atoms with Crippen molar-refractivity contribution in [2.75, 3.05) is 18.0 Å². The van der Waals surface area contributed by atoms with Crippen molar-refractivity contribution in [3.63, 3.8) is 0 Å². The van der Waals surface area contributed by atoms with E-state index in [1.807, 2.05) is 12.1 Å². The Kier molecular flexibility index (Phi) is 7.14. The van der Waals surface area contributed by atoms with Crippen molar-refractivity contribution in [3.05, 3.63) is 39.6 Å². The Morgan fingerprint density at radius 3 is 2.43 bits per heavy atom. The fourth-order valence-corrected chi connectivity index (χ4v) is 4.56. The Hall–Kier alpha value is -1.98. The number of alkyl halides is 3. The monoisotopic (exact) mass is 482 g/mol. The van der Waals surface area contributed by atoms with E-state index in [0.717, 1.165) is 31.6 Å². The van der Waals surface area contributed by atoms with Gasteiger partial charge in [-0.15, -0.1) is 5.10 Å². The normalized spacial score (nSPS) is 15.3. The summed E-state index contributed by atoms with van der Waals surface area (Å²) in [7, 11) is 0. The fourth-order valence-electron chi connectivity index (χ4n) is 2.91. The highest BCUT2D eigenvalue weighted by Gasteiger charge is 2.43. The first-order valence-electron chi connectivity index (χ1n) is 8.69. The zero-order valence-corrected chi connectivity index (χ0v) is 17.5. The van der Waals surface area contributed by atoms with Crippen LogP contribution in [0.1, 0.15) is 29.0 Å². The Bertz CT molecular complexity index is 913. The summed E-state index contributed by atoms with van der Waals surface area (Å²) in [4.78, 5) is 24.8. The van der Waals surface area contributed by atoms with Crippen molar-refractivity contribution in [1.82, 2.24) is 15.4 Å². The number of ether oxygens (including phenoxy) is 1. The molecule has 1 aromatic carbocycles. The molecule has 1 aliphatic rings. The van der Waals surface area contributed by atoms with E-state index in [9.17, 15) is 22.8 Å². The van der Waals surface area contributed by atoms with Crippen LogP contribution in [0.25, 0.3) is 0 Å². The number of aromatic amines is 1. The first-order valence-corrected chi connectivity index (χ1v) is 10.5. The van der Waals surface area contributed by atoms with Gasteiger partial charge in [0, 0.05) is 39.8 Å². The lowest BCUT2D eigenvalue weighted by Crippen LogP contribution is -2.34. The number of thioether (sulfide) groups is 1. The van der Waals surface area contributed by atoms with E-state index in [-0.39, 0.29) is 22.4 Å². The molecule has 0 unspecified atom stereocenters. The van der Waals surface area contributed by atoms with Crippen molar-refractivity contribution in [2.24, 2.45) is 0 Å². The van der Waals surface area contributed by atoms with E-state index >= 15 is 0 Å². The van der Waals surface area contributed by atoms with Crippen LogP contribution in [0.2, 0.25) is 10.0 Å². The Balaban J connectivity index is 1.52. The second-order valence-electron chi connectivity index (χ2n) is 6.43. The maximum atomic E-state index is 12.3. The van der Waals surface area contributed by atoms with Gasteiger partial charge in [0.1, 0.15) is 5.69 Å². The molecule has 1 fully saturated rings. The number of nitrogens with one attached hydrogen (secondary N) is 1. The second-order valence-corrected chi connectivity index (χ2v) is 8.59. The molecule has 1 N–H and O–H groups in total. The SMILES string of the molecule is O=C(OC(=O)C(F)(F)F)c1[nH]nnc1CSC1CCN(c2cc(Cl)cc(Cl)c2)CC1. The molecule has 162 valence electrons. The van der Waals surface area contributed by atoms with Gasteiger partial charge in [-0.1, -0.05) is 28.4 Å². The number of anilines is 1. The van der Waals surface area contributed by atoms with Gasteiger partial charge in [0.25, 0.3) is 0 Å². The Labute approximate surface area is 183 Å². The number of carbonyl (C=O) groups is 2. The number of H-pyrrole nitrogens is 1. The highest BCUT2D eigenvalue weighted by Crippen LogP contribution is 2.31. The van der Waals surface area contributed by atoms with Crippen molar-refractivity contribution in [2.45, 2.75) is 30.0 Å². The molecule has 2 heterocycles. The first-order chi connectivity index (χ1) is 14.1. The number of hydrogen-bond acceptors (Lipinski definition) is 7. The third kappa shape index (κ3) is 5.79. The summed E-state index contributed by atoms with van der Waals surface area (Å²) in [5.74, 6) is -3.82. The number of benzene rings is 1. The third-order valence-corrected chi connectivity index (χ3v) is 6.17. The zero-order valence-electron chi connectivity index (χ0n) is 15.2. The number of carbonyl (C=O) groups excluding carboxylic acids is 2. The summed E-state index contributed by atoms with van der Waals surface area (Å²) < 4.78 is 40.6. The molecule has 7 nitrogen and oxygen atoms in total. The molecule has 0 aliphatic carbocycles. The maximum Gasteiger partial charge on any atom is 0.491 e. The van der Waals surface area contributed by atoms with Crippen LogP contribution in [0.4, 0.5) is 18.9 Å². The highest BCUT2D eigenvalue weighted by atomic mass is 35.5. The molecule has 1 aromatic heterocycles. The van der Waals surface area contributed by atoms with Crippen LogP contribution in [-0.4, -0.2) is 51.9 Å². The fraction of sp³-hybridized carbons (Fsp3) is 0.412. The van der Waals surface area contributed by atoms with Gasteiger partial charge in [-0.25, -0.2) is 9.59 Å². The van der Waals surface area contributed by atoms with Gasteiger partial charge < -0.3 is 9.64 Å². The second kappa shape index (κ2) is 9.44. The molecule has 30 heavy (non-hydrogen) atoms. The van der Waals surface area contributed by atoms with Crippen LogP contribution in [0.5, 0.6) is 0 Å². The van der Waals surface area contributed by atoms with Crippen molar-refractivity contribution in [1.29, 1.82) is 0 Å². The van der Waals surface area contributed by atoms with E-state index in [2.05, 4.69) is 25.0 Å². The molecule has 1 saturated heterocycles. The smallest absolute Gasteiger partial charge is 0.381 e. The summed E-state index contributed by atoms with van der Waals surface area (Å²) >= 11 is 13.6. The quantitative estimate of drug-likeness (QED) is 0.502. The summed E-state index contributed by atoms with van der Waals surface area (Å²) in [6, 6.07) is 5.35. The lowest BCUT2D eigenvalue weighted by atomic mass is 10.1. The molecule has 0 amide bonds. The van der Waals surface area contributed by atoms with Crippen LogP contribution in [0.15, 0.2) is 18.2 Å². The lowest BCUT2D eigenvalue weighted by Gasteiger charge is -2.33. The van der Waals surface area contributed by atoms with Crippen LogP contribution in [0.3, 0.4) is 0 Å². The third-order valence-electron chi connectivity index (χ3n) is 4.35. The molecule has 0 radical (unpaired) electrons. The van der Waals surface area contributed by atoms with E-state index in [0.29, 0.717) is 10.0 Å². The largest absolute Gasteiger partial charge is 0.491 e.